The Morgan fingerprint density at radius 3 is 2.35 bits per heavy atom. The van der Waals surface area contributed by atoms with E-state index in [2.05, 4.69) is 4.98 Å². The summed E-state index contributed by atoms with van der Waals surface area (Å²) >= 11 is 0. The van der Waals surface area contributed by atoms with E-state index in [-0.39, 0.29) is 6.54 Å². The summed E-state index contributed by atoms with van der Waals surface area (Å²) in [4.78, 5) is 34.8. The number of carbonyl (C=O) groups excluding carboxylic acids is 1. The van der Waals surface area contributed by atoms with Gasteiger partial charge in [-0.15, -0.1) is 0 Å². The number of hydrogen-bond acceptors (Lipinski definition) is 6. The van der Waals surface area contributed by atoms with E-state index in [0.29, 0.717) is 5.56 Å². The highest BCUT2D eigenvalue weighted by Crippen LogP contribution is 2.18. The van der Waals surface area contributed by atoms with E-state index in [1.807, 2.05) is 0 Å². The van der Waals surface area contributed by atoms with Gasteiger partial charge < -0.3 is 20.2 Å². The first-order valence-electron chi connectivity index (χ1n) is 5.43. The lowest BCUT2D eigenvalue weighted by Gasteiger charge is -2.00. The number of imidazole rings is 1. The van der Waals surface area contributed by atoms with Crippen LogP contribution in [0, 0.1) is 20.2 Å². The van der Waals surface area contributed by atoms with Crippen LogP contribution in [-0.2, 0) is 6.54 Å². The van der Waals surface area contributed by atoms with Crippen LogP contribution >= 0.6 is 0 Å². The standard InChI is InChI=1S/C11H8N4O5/c16-9(8-4-2-1-3-5-8)6-13-7-10(14(17)18)12-11(13)15(19)20/h1-5,7H,6H2. The molecule has 0 saturated heterocycles. The Bertz CT molecular complexity index is 679. The molecule has 0 spiro atoms. The number of nitrogens with zero attached hydrogens (tertiary/aromatic N) is 4. The summed E-state index contributed by atoms with van der Waals surface area (Å²) < 4.78 is 0.855. The second kappa shape index (κ2) is 5.26. The SMILES string of the molecule is O=C(Cn1cc([N+](=O)[O-])nc1[N+](=O)[O-])c1ccccc1. The fourth-order valence-electron chi connectivity index (χ4n) is 1.61. The molecule has 0 atom stereocenters. The number of carbonyl (C=O) groups is 1. The first kappa shape index (κ1) is 13.3. The topological polar surface area (TPSA) is 121 Å². The molecule has 0 aliphatic rings. The van der Waals surface area contributed by atoms with Gasteiger partial charge in [-0.3, -0.25) is 4.79 Å². The third-order valence-electron chi connectivity index (χ3n) is 2.50. The van der Waals surface area contributed by atoms with Crippen LogP contribution in [0.2, 0.25) is 0 Å². The number of aromatic nitrogens is 2. The van der Waals surface area contributed by atoms with Gasteiger partial charge in [0.1, 0.15) is 6.54 Å². The van der Waals surface area contributed by atoms with Crippen molar-refractivity contribution in [3.63, 3.8) is 0 Å². The van der Waals surface area contributed by atoms with Crippen LogP contribution in [0.25, 0.3) is 0 Å². The molecule has 0 radical (unpaired) electrons. The zero-order valence-corrected chi connectivity index (χ0v) is 10.0. The Morgan fingerprint density at radius 2 is 1.80 bits per heavy atom. The van der Waals surface area contributed by atoms with E-state index in [1.165, 1.54) is 0 Å². The lowest BCUT2D eigenvalue weighted by molar-refractivity contribution is -0.403. The second-order valence-electron chi connectivity index (χ2n) is 3.83. The first-order chi connectivity index (χ1) is 9.49. The lowest BCUT2D eigenvalue weighted by atomic mass is 10.1. The van der Waals surface area contributed by atoms with Crippen LogP contribution in [0.1, 0.15) is 10.4 Å². The maximum atomic E-state index is 11.9. The zero-order valence-electron chi connectivity index (χ0n) is 10.0. The van der Waals surface area contributed by atoms with Crippen molar-refractivity contribution >= 4 is 17.5 Å². The van der Waals surface area contributed by atoms with Crippen molar-refractivity contribution in [1.82, 2.24) is 9.55 Å². The van der Waals surface area contributed by atoms with Gasteiger partial charge in [0.25, 0.3) is 0 Å². The Kier molecular flexibility index (Phi) is 3.51. The molecule has 102 valence electrons. The largest absolute Gasteiger partial charge is 0.439 e. The summed E-state index contributed by atoms with van der Waals surface area (Å²) in [5, 5.41) is 21.3. The van der Waals surface area contributed by atoms with E-state index in [4.69, 9.17) is 0 Å². The molecule has 0 saturated carbocycles. The van der Waals surface area contributed by atoms with Crippen molar-refractivity contribution in [2.24, 2.45) is 0 Å². The van der Waals surface area contributed by atoms with Crippen LogP contribution in [0.3, 0.4) is 0 Å². The first-order valence-corrected chi connectivity index (χ1v) is 5.43. The van der Waals surface area contributed by atoms with Crippen molar-refractivity contribution in [2.75, 3.05) is 0 Å². The third kappa shape index (κ3) is 2.66. The Morgan fingerprint density at radius 1 is 1.15 bits per heavy atom. The number of benzene rings is 1. The molecule has 20 heavy (non-hydrogen) atoms. The summed E-state index contributed by atoms with van der Waals surface area (Å²) in [7, 11) is 0. The van der Waals surface area contributed by atoms with E-state index in [0.717, 1.165) is 10.8 Å². The molecule has 1 heterocycles. The molecule has 1 aromatic heterocycles. The predicted molar refractivity (Wildman–Crippen MR) is 66.3 cm³/mol. The third-order valence-corrected chi connectivity index (χ3v) is 2.50. The molecule has 0 fully saturated rings. The van der Waals surface area contributed by atoms with Gasteiger partial charge in [-0.2, -0.15) is 0 Å². The van der Waals surface area contributed by atoms with Gasteiger partial charge in [-0.25, -0.2) is 4.57 Å². The highest BCUT2D eigenvalue weighted by molar-refractivity contribution is 5.95. The average Bonchev–Trinajstić information content (AvgIpc) is 2.84. The average molecular weight is 276 g/mol. The number of Topliss-reactive ketones (excluding diaryl/α,β-unsaturated/α-hetero) is 1. The van der Waals surface area contributed by atoms with Crippen molar-refractivity contribution in [2.45, 2.75) is 6.54 Å². The lowest BCUT2D eigenvalue weighted by Crippen LogP contribution is -2.11. The van der Waals surface area contributed by atoms with E-state index < -0.39 is 27.4 Å². The minimum atomic E-state index is -0.870. The summed E-state index contributed by atoms with van der Waals surface area (Å²) in [6.07, 6.45) is 0.874. The van der Waals surface area contributed by atoms with E-state index in [1.54, 1.807) is 30.3 Å². The van der Waals surface area contributed by atoms with Gasteiger partial charge >= 0.3 is 11.8 Å². The van der Waals surface area contributed by atoms with Crippen molar-refractivity contribution in [1.29, 1.82) is 0 Å². The Labute approximate surface area is 111 Å². The minimum absolute atomic E-state index is 0.359. The molecule has 0 amide bonds. The molecule has 2 rings (SSSR count). The van der Waals surface area contributed by atoms with Gasteiger partial charge in [0.15, 0.2) is 12.0 Å². The highest BCUT2D eigenvalue weighted by Gasteiger charge is 2.24. The number of rotatable bonds is 5. The molecule has 0 N–H and O–H groups in total. The summed E-state index contributed by atoms with van der Waals surface area (Å²) in [6, 6.07) is 8.14. The quantitative estimate of drug-likeness (QED) is 0.464. The number of nitro groups is 2. The maximum absolute atomic E-state index is 11.9. The monoisotopic (exact) mass is 276 g/mol. The number of hydrogen-bond donors (Lipinski definition) is 0. The maximum Gasteiger partial charge on any atom is 0.439 e. The van der Waals surface area contributed by atoms with Crippen molar-refractivity contribution < 1.29 is 14.6 Å². The Hall–Kier alpha value is -3.10. The molecule has 1 aromatic carbocycles. The molecular weight excluding hydrogens is 268 g/mol. The molecule has 0 unspecified atom stereocenters. The van der Waals surface area contributed by atoms with Crippen LogP contribution < -0.4 is 0 Å². The fraction of sp³-hybridized carbons (Fsp3) is 0.0909. The summed E-state index contributed by atoms with van der Waals surface area (Å²) in [5.41, 5.74) is 0.359. The zero-order chi connectivity index (χ0) is 14.7. The molecule has 2 aromatic rings. The minimum Gasteiger partial charge on any atom is -0.390 e. The molecule has 0 aliphatic heterocycles. The molecule has 9 nitrogen and oxygen atoms in total. The summed E-state index contributed by atoms with van der Waals surface area (Å²) in [5.74, 6) is -1.81. The van der Waals surface area contributed by atoms with Crippen molar-refractivity contribution in [3.8, 4) is 0 Å². The van der Waals surface area contributed by atoms with Crippen molar-refractivity contribution in [3.05, 3.63) is 62.3 Å². The predicted octanol–water partition coefficient (Wildman–Crippen LogP) is 1.58. The summed E-state index contributed by atoms with van der Waals surface area (Å²) in [6.45, 7) is -0.388. The normalized spacial score (nSPS) is 10.2. The second-order valence-corrected chi connectivity index (χ2v) is 3.83. The smallest absolute Gasteiger partial charge is 0.390 e. The molecule has 0 bridgehead atoms. The fourth-order valence-corrected chi connectivity index (χ4v) is 1.61. The van der Waals surface area contributed by atoms with Gasteiger partial charge in [0.05, 0.1) is 0 Å². The van der Waals surface area contributed by atoms with Crippen LogP contribution in [0.5, 0.6) is 0 Å². The van der Waals surface area contributed by atoms with Crippen LogP contribution in [0.15, 0.2) is 36.5 Å². The van der Waals surface area contributed by atoms with Crippen LogP contribution in [-0.4, -0.2) is 25.2 Å². The van der Waals surface area contributed by atoms with Gasteiger partial charge in [0.2, 0.25) is 0 Å². The molecule has 0 aliphatic carbocycles. The van der Waals surface area contributed by atoms with E-state index >= 15 is 0 Å². The van der Waals surface area contributed by atoms with Crippen LogP contribution in [0.4, 0.5) is 11.8 Å². The van der Waals surface area contributed by atoms with Gasteiger partial charge in [-0.05, 0) is 14.8 Å². The van der Waals surface area contributed by atoms with E-state index in [9.17, 15) is 25.0 Å². The van der Waals surface area contributed by atoms with Gasteiger partial charge in [0, 0.05) is 5.56 Å². The Balaban J connectivity index is 2.31. The van der Waals surface area contributed by atoms with Gasteiger partial charge in [-0.1, -0.05) is 30.3 Å². The highest BCUT2D eigenvalue weighted by atomic mass is 16.6. The molecular formula is C11H8N4O5. The molecule has 9 heteroatoms. The number of ketones is 1.